The summed E-state index contributed by atoms with van der Waals surface area (Å²) >= 11 is 0. The number of fused-ring (bicyclic) bond motifs is 2. The van der Waals surface area contributed by atoms with Crippen LogP contribution in [0.3, 0.4) is 0 Å². The molecule has 0 bridgehead atoms. The van der Waals surface area contributed by atoms with E-state index in [1.807, 2.05) is 69.6 Å². The summed E-state index contributed by atoms with van der Waals surface area (Å²) in [6.45, 7) is 3.73. The fourth-order valence-electron chi connectivity index (χ4n) is 4.96. The normalized spacial score (nSPS) is 19.5. The van der Waals surface area contributed by atoms with E-state index in [1.54, 1.807) is 16.9 Å². The molecular formula is C27H26N6O3. The number of esters is 1. The zero-order valence-corrected chi connectivity index (χ0v) is 20.2. The minimum Gasteiger partial charge on any atom is -0.451 e. The number of benzene rings is 2. The van der Waals surface area contributed by atoms with Gasteiger partial charge in [0, 0.05) is 37.1 Å². The number of cyclic esters (lactones) is 1. The van der Waals surface area contributed by atoms with Gasteiger partial charge in [-0.05, 0) is 49.2 Å². The van der Waals surface area contributed by atoms with E-state index in [2.05, 4.69) is 20.7 Å². The molecular weight excluding hydrogens is 456 g/mol. The van der Waals surface area contributed by atoms with Crippen LogP contribution < -0.4 is 10.6 Å². The Morgan fingerprint density at radius 2 is 1.97 bits per heavy atom. The molecule has 1 aliphatic heterocycles. The Labute approximate surface area is 208 Å². The molecule has 2 aliphatic rings. The van der Waals surface area contributed by atoms with Crippen LogP contribution in [0.15, 0.2) is 60.9 Å². The number of nitrogens with one attached hydrogen (secondary N) is 2. The van der Waals surface area contributed by atoms with Crippen molar-refractivity contribution >= 4 is 23.4 Å². The molecule has 0 unspecified atom stereocenters. The van der Waals surface area contributed by atoms with E-state index in [0.717, 1.165) is 33.6 Å². The first-order valence-electron chi connectivity index (χ1n) is 11.8. The summed E-state index contributed by atoms with van der Waals surface area (Å²) in [5, 5.41) is 22.0. The summed E-state index contributed by atoms with van der Waals surface area (Å²) < 4.78 is 7.21. The third-order valence-corrected chi connectivity index (χ3v) is 6.77. The highest BCUT2D eigenvalue weighted by molar-refractivity contribution is 5.95. The lowest BCUT2D eigenvalue weighted by molar-refractivity contribution is 0.00954. The van der Waals surface area contributed by atoms with E-state index in [4.69, 9.17) is 9.72 Å². The van der Waals surface area contributed by atoms with Crippen molar-refractivity contribution in [3.63, 3.8) is 0 Å². The second-order valence-corrected chi connectivity index (χ2v) is 9.71. The summed E-state index contributed by atoms with van der Waals surface area (Å²) in [7, 11) is 1.86. The number of nitrogens with zero attached hydrogens (tertiary/aromatic N) is 4. The Morgan fingerprint density at radius 1 is 1.14 bits per heavy atom. The van der Waals surface area contributed by atoms with E-state index in [9.17, 15) is 9.90 Å². The molecule has 0 amide bonds. The average molecular weight is 483 g/mol. The van der Waals surface area contributed by atoms with Crippen LogP contribution in [0.5, 0.6) is 0 Å². The lowest BCUT2D eigenvalue weighted by Crippen LogP contribution is -2.22. The summed E-state index contributed by atoms with van der Waals surface area (Å²) in [5.41, 5.74) is 5.03. The molecule has 2 atom stereocenters. The molecule has 2 aromatic heterocycles. The van der Waals surface area contributed by atoms with Crippen LogP contribution in [0, 0.1) is 0 Å². The van der Waals surface area contributed by atoms with Crippen LogP contribution >= 0.6 is 0 Å². The van der Waals surface area contributed by atoms with Gasteiger partial charge >= 0.3 is 5.97 Å². The molecule has 0 saturated carbocycles. The Hall–Kier alpha value is -4.24. The Kier molecular flexibility index (Phi) is 5.04. The predicted molar refractivity (Wildman–Crippen MR) is 135 cm³/mol. The number of rotatable bonds is 5. The number of carbonyl (C=O) groups is 1. The van der Waals surface area contributed by atoms with Crippen molar-refractivity contribution in [2.75, 3.05) is 10.6 Å². The third-order valence-electron chi connectivity index (χ3n) is 6.77. The van der Waals surface area contributed by atoms with Crippen molar-refractivity contribution in [2.24, 2.45) is 7.05 Å². The monoisotopic (exact) mass is 482 g/mol. The van der Waals surface area contributed by atoms with Crippen LogP contribution in [0.25, 0.3) is 11.3 Å². The molecule has 9 nitrogen and oxygen atoms in total. The molecule has 4 aromatic rings. The largest absolute Gasteiger partial charge is 0.451 e. The molecule has 3 heterocycles. The molecule has 6 rings (SSSR count). The lowest BCUT2D eigenvalue weighted by atomic mass is 9.95. The van der Waals surface area contributed by atoms with E-state index in [1.165, 1.54) is 0 Å². The number of anilines is 3. The molecule has 1 aliphatic carbocycles. The Bertz CT molecular complexity index is 1490. The highest BCUT2D eigenvalue weighted by atomic mass is 16.6. The van der Waals surface area contributed by atoms with E-state index < -0.39 is 11.7 Å². The van der Waals surface area contributed by atoms with Crippen LogP contribution in [-0.2, 0) is 23.8 Å². The Balaban J connectivity index is 1.36. The number of hydrogen-bond acceptors (Lipinski definition) is 8. The lowest BCUT2D eigenvalue weighted by Gasteiger charge is -2.21. The van der Waals surface area contributed by atoms with Gasteiger partial charge in [-0.15, -0.1) is 0 Å². The van der Waals surface area contributed by atoms with Gasteiger partial charge in [-0.3, -0.25) is 4.68 Å². The van der Waals surface area contributed by atoms with Gasteiger partial charge in [0.1, 0.15) is 11.4 Å². The highest BCUT2D eigenvalue weighted by Gasteiger charge is 2.38. The molecule has 9 heteroatoms. The second kappa shape index (κ2) is 8.17. The van der Waals surface area contributed by atoms with Crippen molar-refractivity contribution in [1.29, 1.82) is 0 Å². The number of aliphatic hydroxyl groups is 1. The molecule has 0 fully saturated rings. The van der Waals surface area contributed by atoms with Crippen molar-refractivity contribution < 1.29 is 14.6 Å². The fraction of sp³-hybridized carbons (Fsp3) is 0.259. The number of aromatic nitrogens is 4. The SMILES string of the molecule is Cn1ccc(-c2cnc(Nc3ccc4c(c3)C(C)(C)OC4=O)nc2N[C@H]2c3ccccc3C[C@H]2O)n1. The van der Waals surface area contributed by atoms with Gasteiger partial charge in [0.25, 0.3) is 0 Å². The first kappa shape index (κ1) is 22.2. The number of hydrogen-bond donors (Lipinski definition) is 3. The van der Waals surface area contributed by atoms with Crippen molar-refractivity contribution in [1.82, 2.24) is 19.7 Å². The number of aliphatic hydroxyl groups excluding tert-OH is 1. The summed E-state index contributed by atoms with van der Waals surface area (Å²) in [5.74, 6) is 0.618. The second-order valence-electron chi connectivity index (χ2n) is 9.71. The van der Waals surface area contributed by atoms with Crippen molar-refractivity contribution in [2.45, 2.75) is 38.0 Å². The van der Waals surface area contributed by atoms with E-state index >= 15 is 0 Å². The van der Waals surface area contributed by atoms with Gasteiger partial charge in [0.2, 0.25) is 5.95 Å². The summed E-state index contributed by atoms with van der Waals surface area (Å²) in [6, 6.07) is 15.1. The van der Waals surface area contributed by atoms with Crippen LogP contribution in [0.4, 0.5) is 17.5 Å². The molecule has 3 N–H and O–H groups in total. The van der Waals surface area contributed by atoms with E-state index in [-0.39, 0.29) is 12.0 Å². The van der Waals surface area contributed by atoms with Crippen molar-refractivity contribution in [3.05, 3.63) is 83.2 Å². The maximum atomic E-state index is 12.1. The summed E-state index contributed by atoms with van der Waals surface area (Å²) in [6.07, 6.45) is 3.58. The number of aryl methyl sites for hydroxylation is 1. The minimum atomic E-state index is -0.702. The standard InChI is InChI=1S/C27H26N6O3/c1-27(2)20-13-16(8-9-18(20)25(35)36-27)29-26-28-14-19(21-10-11-33(3)32-21)24(31-26)30-23-17-7-5-4-6-15(17)12-22(23)34/h4-11,13-14,22-23,34H,12H2,1-3H3,(H2,28,29,30,31)/t22-,23+/m1/s1. The van der Waals surface area contributed by atoms with Crippen LogP contribution in [0.1, 0.15) is 46.9 Å². The molecule has 182 valence electrons. The number of ether oxygens (including phenoxy) is 1. The van der Waals surface area contributed by atoms with Crippen LogP contribution in [0.2, 0.25) is 0 Å². The first-order valence-corrected chi connectivity index (χ1v) is 11.8. The molecule has 0 radical (unpaired) electrons. The smallest absolute Gasteiger partial charge is 0.339 e. The predicted octanol–water partition coefficient (Wildman–Crippen LogP) is 4.10. The van der Waals surface area contributed by atoms with Crippen LogP contribution in [-0.4, -0.2) is 36.9 Å². The van der Waals surface area contributed by atoms with Gasteiger partial charge in [0.05, 0.1) is 29.0 Å². The van der Waals surface area contributed by atoms with Gasteiger partial charge < -0.3 is 20.5 Å². The average Bonchev–Trinajstić information content (AvgIpc) is 3.48. The molecule has 36 heavy (non-hydrogen) atoms. The maximum Gasteiger partial charge on any atom is 0.339 e. The first-order chi connectivity index (χ1) is 17.3. The fourth-order valence-corrected chi connectivity index (χ4v) is 4.96. The van der Waals surface area contributed by atoms with Gasteiger partial charge in [0.15, 0.2) is 0 Å². The minimum absolute atomic E-state index is 0.310. The van der Waals surface area contributed by atoms with Gasteiger partial charge in [-0.2, -0.15) is 10.1 Å². The molecule has 0 spiro atoms. The zero-order valence-electron chi connectivity index (χ0n) is 20.2. The number of carbonyl (C=O) groups excluding carboxylic acids is 1. The topological polar surface area (TPSA) is 114 Å². The summed E-state index contributed by atoms with van der Waals surface area (Å²) in [4.78, 5) is 21.5. The zero-order chi connectivity index (χ0) is 25.0. The Morgan fingerprint density at radius 3 is 2.78 bits per heavy atom. The van der Waals surface area contributed by atoms with Gasteiger partial charge in [-0.25, -0.2) is 9.78 Å². The third kappa shape index (κ3) is 3.77. The highest BCUT2D eigenvalue weighted by Crippen LogP contribution is 2.39. The maximum absolute atomic E-state index is 12.1. The van der Waals surface area contributed by atoms with Crippen molar-refractivity contribution in [3.8, 4) is 11.3 Å². The van der Waals surface area contributed by atoms with Gasteiger partial charge in [-0.1, -0.05) is 24.3 Å². The van der Waals surface area contributed by atoms with E-state index in [0.29, 0.717) is 23.8 Å². The molecule has 2 aromatic carbocycles. The molecule has 0 saturated heterocycles. The quantitative estimate of drug-likeness (QED) is 0.365.